The summed E-state index contributed by atoms with van der Waals surface area (Å²) in [6, 6.07) is 10.4. The average molecular weight is 486 g/mol. The lowest BCUT2D eigenvalue weighted by molar-refractivity contribution is -0.144. The monoisotopic (exact) mass is 485 g/mol. The van der Waals surface area contributed by atoms with Crippen molar-refractivity contribution in [2.75, 3.05) is 44.8 Å². The Morgan fingerprint density at radius 3 is 2.54 bits per heavy atom. The number of anilines is 1. The predicted molar refractivity (Wildman–Crippen MR) is 129 cm³/mol. The number of β-amino-alcohol motifs (C(OH)–C–C–N with tert-alkyl or cyclic N) is 1. The molecule has 2 aromatic rings. The molecule has 8 nitrogen and oxygen atoms in total. The largest absolute Gasteiger partial charge is 0.494 e. The number of carbonyl (C=O) groups excluding carboxylic acids is 1. The van der Waals surface area contributed by atoms with Gasteiger partial charge in [-0.25, -0.2) is 9.18 Å². The van der Waals surface area contributed by atoms with Crippen molar-refractivity contribution in [3.63, 3.8) is 0 Å². The van der Waals surface area contributed by atoms with E-state index >= 15 is 4.39 Å². The number of hydrogen-bond donors (Lipinski definition) is 2. The highest BCUT2D eigenvalue weighted by Crippen LogP contribution is 2.35. The van der Waals surface area contributed by atoms with Gasteiger partial charge in [-0.3, -0.25) is 0 Å². The SMILES string of the molecule is CCOC(=O)C(Nc1ccc(C#N)cc1)c1cc(OCC)cc(OC2CCN(CCO)CC2)c1F. The number of nitrogens with one attached hydrogen (secondary N) is 1. The maximum Gasteiger partial charge on any atom is 0.333 e. The van der Waals surface area contributed by atoms with Crippen molar-refractivity contribution in [1.29, 1.82) is 5.26 Å². The first kappa shape index (κ1) is 26.3. The molecule has 3 rings (SSSR count). The minimum atomic E-state index is -1.16. The number of benzene rings is 2. The zero-order valence-electron chi connectivity index (χ0n) is 20.1. The maximum atomic E-state index is 15.8. The predicted octanol–water partition coefficient (Wildman–Crippen LogP) is 3.65. The summed E-state index contributed by atoms with van der Waals surface area (Å²) >= 11 is 0. The van der Waals surface area contributed by atoms with E-state index in [1.54, 1.807) is 31.2 Å². The van der Waals surface area contributed by atoms with Crippen molar-refractivity contribution >= 4 is 11.7 Å². The van der Waals surface area contributed by atoms with E-state index in [0.29, 0.717) is 43.0 Å². The molecule has 0 amide bonds. The molecule has 1 heterocycles. The third kappa shape index (κ3) is 7.07. The topological polar surface area (TPSA) is 104 Å². The fourth-order valence-corrected chi connectivity index (χ4v) is 4.01. The van der Waals surface area contributed by atoms with Crippen molar-refractivity contribution in [1.82, 2.24) is 4.90 Å². The molecular formula is C26H32FN3O5. The number of aliphatic hydroxyl groups excluding tert-OH is 1. The molecule has 0 bridgehead atoms. The van der Waals surface area contributed by atoms with Gasteiger partial charge < -0.3 is 29.5 Å². The molecule has 1 aliphatic heterocycles. The second kappa shape index (κ2) is 12.9. The van der Waals surface area contributed by atoms with Crippen molar-refractivity contribution < 1.29 is 28.5 Å². The van der Waals surface area contributed by atoms with E-state index in [2.05, 4.69) is 10.2 Å². The van der Waals surface area contributed by atoms with Gasteiger partial charge in [-0.2, -0.15) is 5.26 Å². The normalized spacial score (nSPS) is 15.2. The highest BCUT2D eigenvalue weighted by atomic mass is 19.1. The summed E-state index contributed by atoms with van der Waals surface area (Å²) in [5, 5.41) is 21.2. The van der Waals surface area contributed by atoms with Crippen LogP contribution in [0.1, 0.15) is 43.9 Å². The fraction of sp³-hybridized carbons (Fsp3) is 0.462. The van der Waals surface area contributed by atoms with Crippen LogP contribution >= 0.6 is 0 Å². The number of rotatable bonds is 11. The van der Waals surface area contributed by atoms with E-state index in [-0.39, 0.29) is 30.6 Å². The van der Waals surface area contributed by atoms with Gasteiger partial charge in [0.15, 0.2) is 17.6 Å². The van der Waals surface area contributed by atoms with Crippen LogP contribution in [0.5, 0.6) is 11.5 Å². The van der Waals surface area contributed by atoms with Crippen molar-refractivity contribution in [3.05, 3.63) is 53.3 Å². The smallest absolute Gasteiger partial charge is 0.333 e. The number of halogens is 1. The van der Waals surface area contributed by atoms with Crippen molar-refractivity contribution in [3.8, 4) is 17.6 Å². The van der Waals surface area contributed by atoms with E-state index in [0.717, 1.165) is 13.1 Å². The molecule has 2 N–H and O–H groups in total. The van der Waals surface area contributed by atoms with E-state index < -0.39 is 17.8 Å². The van der Waals surface area contributed by atoms with Gasteiger partial charge >= 0.3 is 5.97 Å². The molecule has 1 saturated heterocycles. The van der Waals surface area contributed by atoms with Crippen molar-refractivity contribution in [2.24, 2.45) is 0 Å². The summed E-state index contributed by atoms with van der Waals surface area (Å²) in [6.07, 6.45) is 1.19. The molecule has 0 radical (unpaired) electrons. The van der Waals surface area contributed by atoms with E-state index in [1.165, 1.54) is 12.1 Å². The van der Waals surface area contributed by atoms with Crippen molar-refractivity contribution in [2.45, 2.75) is 38.8 Å². The minimum Gasteiger partial charge on any atom is -0.494 e. The molecule has 35 heavy (non-hydrogen) atoms. The van der Waals surface area contributed by atoms with Gasteiger partial charge in [0, 0.05) is 37.0 Å². The Morgan fingerprint density at radius 2 is 1.94 bits per heavy atom. The summed E-state index contributed by atoms with van der Waals surface area (Å²) in [5.41, 5.74) is 1.04. The lowest BCUT2D eigenvalue weighted by Gasteiger charge is -2.32. The standard InChI is InChI=1S/C26H32FN3O5/c1-3-33-21-15-22(24(27)23(16-21)35-20-9-11-30(12-10-20)13-14-31)25(26(32)34-4-2)29-19-7-5-18(17-28)6-8-19/h5-8,15-16,20,25,29,31H,3-4,9-14H2,1-2H3. The van der Waals surface area contributed by atoms with Gasteiger partial charge in [-0.1, -0.05) is 0 Å². The Morgan fingerprint density at radius 1 is 1.23 bits per heavy atom. The second-order valence-corrected chi connectivity index (χ2v) is 8.16. The Labute approximate surface area is 205 Å². The van der Waals surface area contributed by atoms with Crippen LogP contribution in [0.4, 0.5) is 10.1 Å². The van der Waals surface area contributed by atoms with Crippen LogP contribution in [0.2, 0.25) is 0 Å². The third-order valence-corrected chi connectivity index (χ3v) is 5.75. The summed E-state index contributed by atoms with van der Waals surface area (Å²) in [6.45, 7) is 6.19. The second-order valence-electron chi connectivity index (χ2n) is 8.16. The van der Waals surface area contributed by atoms with Crippen LogP contribution in [0, 0.1) is 17.1 Å². The van der Waals surface area contributed by atoms with Crippen LogP contribution < -0.4 is 14.8 Å². The summed E-state index contributed by atoms with van der Waals surface area (Å²) in [4.78, 5) is 15.0. The average Bonchev–Trinajstić information content (AvgIpc) is 2.86. The number of nitriles is 1. The molecule has 0 saturated carbocycles. The molecule has 188 valence electrons. The van der Waals surface area contributed by atoms with Gasteiger partial charge in [-0.05, 0) is 57.0 Å². The van der Waals surface area contributed by atoms with Crippen LogP contribution in [-0.4, -0.2) is 61.5 Å². The Balaban J connectivity index is 1.91. The Hall–Kier alpha value is -3.35. The lowest BCUT2D eigenvalue weighted by atomic mass is 10.0. The quantitative estimate of drug-likeness (QED) is 0.465. The molecule has 1 aliphatic rings. The maximum absolute atomic E-state index is 15.8. The highest BCUT2D eigenvalue weighted by Gasteiger charge is 2.30. The van der Waals surface area contributed by atoms with E-state index in [9.17, 15) is 4.79 Å². The number of nitrogens with zero attached hydrogens (tertiary/aromatic N) is 2. The first-order valence-electron chi connectivity index (χ1n) is 11.9. The van der Waals surface area contributed by atoms with Gasteiger partial charge in [0.05, 0.1) is 31.5 Å². The minimum absolute atomic E-state index is 0.0162. The Bertz CT molecular complexity index is 1020. The molecular weight excluding hydrogens is 453 g/mol. The number of carbonyl (C=O) groups is 1. The van der Waals surface area contributed by atoms with Gasteiger partial charge in [-0.15, -0.1) is 0 Å². The molecule has 2 aromatic carbocycles. The van der Waals surface area contributed by atoms with Gasteiger partial charge in [0.25, 0.3) is 0 Å². The number of aliphatic hydroxyl groups is 1. The molecule has 1 fully saturated rings. The summed E-state index contributed by atoms with van der Waals surface area (Å²) in [5.74, 6) is -0.909. The van der Waals surface area contributed by atoms with Crippen LogP contribution in [-0.2, 0) is 9.53 Å². The number of ether oxygens (including phenoxy) is 3. The summed E-state index contributed by atoms with van der Waals surface area (Å²) in [7, 11) is 0. The zero-order valence-corrected chi connectivity index (χ0v) is 20.1. The zero-order chi connectivity index (χ0) is 25.2. The molecule has 0 spiro atoms. The van der Waals surface area contributed by atoms with E-state index in [1.807, 2.05) is 13.0 Å². The number of esters is 1. The number of hydrogen-bond acceptors (Lipinski definition) is 8. The van der Waals surface area contributed by atoms with Gasteiger partial charge in [0.2, 0.25) is 0 Å². The molecule has 0 aromatic heterocycles. The summed E-state index contributed by atoms with van der Waals surface area (Å²) < 4.78 is 32.7. The lowest BCUT2D eigenvalue weighted by Crippen LogP contribution is -2.39. The molecule has 1 atom stereocenters. The first-order chi connectivity index (χ1) is 17.0. The van der Waals surface area contributed by atoms with Crippen LogP contribution in [0.25, 0.3) is 0 Å². The van der Waals surface area contributed by atoms with Crippen LogP contribution in [0.15, 0.2) is 36.4 Å². The number of piperidine rings is 1. The third-order valence-electron chi connectivity index (χ3n) is 5.75. The fourth-order valence-electron chi connectivity index (χ4n) is 4.01. The number of likely N-dealkylation sites (tertiary alicyclic amines) is 1. The van der Waals surface area contributed by atoms with E-state index in [4.69, 9.17) is 24.6 Å². The van der Waals surface area contributed by atoms with Crippen LogP contribution in [0.3, 0.4) is 0 Å². The Kier molecular flexibility index (Phi) is 9.70. The molecule has 1 unspecified atom stereocenters. The van der Waals surface area contributed by atoms with Gasteiger partial charge in [0.1, 0.15) is 11.9 Å². The molecule has 0 aliphatic carbocycles. The first-order valence-corrected chi connectivity index (χ1v) is 11.9. The molecule has 9 heteroatoms. The highest BCUT2D eigenvalue weighted by molar-refractivity contribution is 5.81.